The highest BCUT2D eigenvalue weighted by atomic mass is 16.2. The monoisotopic (exact) mass is 257 g/mol. The smallest absolute Gasteiger partial charge is 0.232 e. The van der Waals surface area contributed by atoms with Gasteiger partial charge in [-0.25, -0.2) is 0 Å². The molecule has 2 aliphatic rings. The summed E-state index contributed by atoms with van der Waals surface area (Å²) in [6, 6.07) is 5.52. The molecule has 1 N–H and O–H groups in total. The molecular formula is C15H15NO3. The van der Waals surface area contributed by atoms with E-state index in [1.165, 1.54) is 7.05 Å². The number of hydrogen-bond donors (Lipinski definition) is 1. The zero-order valence-electron chi connectivity index (χ0n) is 10.7. The number of carbonyl (C=O) groups excluding carboxylic acids is 3. The summed E-state index contributed by atoms with van der Waals surface area (Å²) < 4.78 is 0. The Balaban J connectivity index is 2.29. The van der Waals surface area contributed by atoms with Crippen LogP contribution in [0.15, 0.2) is 18.2 Å². The predicted molar refractivity (Wildman–Crippen MR) is 69.0 cm³/mol. The van der Waals surface area contributed by atoms with E-state index < -0.39 is 11.3 Å². The molecule has 2 atom stereocenters. The van der Waals surface area contributed by atoms with Gasteiger partial charge in [0.15, 0.2) is 5.78 Å². The molecule has 19 heavy (non-hydrogen) atoms. The van der Waals surface area contributed by atoms with Crippen LogP contribution < -0.4 is 5.32 Å². The van der Waals surface area contributed by atoms with Crippen LogP contribution in [0.5, 0.6) is 0 Å². The second kappa shape index (κ2) is 4.02. The lowest BCUT2D eigenvalue weighted by atomic mass is 9.67. The van der Waals surface area contributed by atoms with Crippen molar-refractivity contribution in [1.82, 2.24) is 5.32 Å². The van der Waals surface area contributed by atoms with E-state index in [4.69, 9.17) is 0 Å². The van der Waals surface area contributed by atoms with Gasteiger partial charge >= 0.3 is 0 Å². The second-order valence-corrected chi connectivity index (χ2v) is 5.26. The highest BCUT2D eigenvalue weighted by Gasteiger charge is 2.57. The van der Waals surface area contributed by atoms with E-state index in [0.717, 1.165) is 30.3 Å². The fourth-order valence-corrected chi connectivity index (χ4v) is 3.62. The van der Waals surface area contributed by atoms with Crippen LogP contribution in [0.2, 0.25) is 0 Å². The van der Waals surface area contributed by atoms with Crippen LogP contribution in [0.4, 0.5) is 0 Å². The Bertz CT molecular complexity index is 593. The third kappa shape index (κ3) is 1.37. The summed E-state index contributed by atoms with van der Waals surface area (Å²) in [5.41, 5.74) is 1.45. The summed E-state index contributed by atoms with van der Waals surface area (Å²) >= 11 is 0. The molecule has 4 heteroatoms. The molecule has 1 aromatic rings. The van der Waals surface area contributed by atoms with Gasteiger partial charge in [-0.05, 0) is 30.4 Å². The number of aryl methyl sites for hydroxylation is 1. The van der Waals surface area contributed by atoms with E-state index in [1.54, 1.807) is 6.07 Å². The van der Waals surface area contributed by atoms with Crippen molar-refractivity contribution in [3.8, 4) is 0 Å². The molecule has 3 rings (SSSR count). The maximum absolute atomic E-state index is 12.5. The van der Waals surface area contributed by atoms with Crippen LogP contribution in [0.25, 0.3) is 0 Å². The Morgan fingerprint density at radius 2 is 2.26 bits per heavy atom. The Hall–Kier alpha value is -1.97. The van der Waals surface area contributed by atoms with Crippen molar-refractivity contribution in [2.75, 3.05) is 7.05 Å². The number of aldehydes is 1. The molecule has 0 saturated heterocycles. The first-order valence-electron chi connectivity index (χ1n) is 6.50. The van der Waals surface area contributed by atoms with Gasteiger partial charge in [0.05, 0.1) is 5.41 Å². The highest BCUT2D eigenvalue weighted by Crippen LogP contribution is 2.49. The molecule has 4 nitrogen and oxygen atoms in total. The molecule has 0 bridgehead atoms. The number of nitrogens with one attached hydrogen (secondary N) is 1. The summed E-state index contributed by atoms with van der Waals surface area (Å²) in [5, 5.41) is 2.52. The molecule has 2 aliphatic carbocycles. The topological polar surface area (TPSA) is 63.2 Å². The van der Waals surface area contributed by atoms with Crippen LogP contribution in [0, 0.1) is 5.92 Å². The first-order chi connectivity index (χ1) is 9.15. The minimum atomic E-state index is -0.943. The van der Waals surface area contributed by atoms with Gasteiger partial charge < -0.3 is 10.1 Å². The van der Waals surface area contributed by atoms with E-state index in [-0.39, 0.29) is 11.7 Å². The third-order valence-corrected chi connectivity index (χ3v) is 4.41. The largest absolute Gasteiger partial charge is 0.358 e. The average molecular weight is 257 g/mol. The molecule has 1 amide bonds. The van der Waals surface area contributed by atoms with Gasteiger partial charge in [-0.2, -0.15) is 0 Å². The van der Waals surface area contributed by atoms with Crippen molar-refractivity contribution in [2.24, 2.45) is 5.92 Å². The van der Waals surface area contributed by atoms with Crippen molar-refractivity contribution in [3.63, 3.8) is 0 Å². The molecule has 0 fully saturated rings. The fraction of sp³-hybridized carbons (Fsp3) is 0.400. The zero-order valence-corrected chi connectivity index (χ0v) is 10.7. The fourth-order valence-electron chi connectivity index (χ4n) is 3.62. The minimum Gasteiger partial charge on any atom is -0.358 e. The Morgan fingerprint density at radius 1 is 1.47 bits per heavy atom. The number of carbonyl (C=O) groups is 3. The molecule has 98 valence electrons. The van der Waals surface area contributed by atoms with Gasteiger partial charge in [0.2, 0.25) is 5.91 Å². The number of Topliss-reactive ketones (excluding diaryl/α,β-unsaturated/α-hetero) is 1. The molecule has 0 heterocycles. The molecular weight excluding hydrogens is 242 g/mol. The average Bonchev–Trinajstić information content (AvgIpc) is 2.71. The van der Waals surface area contributed by atoms with Crippen LogP contribution >= 0.6 is 0 Å². The summed E-state index contributed by atoms with van der Waals surface area (Å²) in [6.07, 6.45) is 3.09. The van der Waals surface area contributed by atoms with Crippen LogP contribution in [0.1, 0.15) is 34.3 Å². The van der Waals surface area contributed by atoms with Crippen molar-refractivity contribution in [3.05, 3.63) is 34.9 Å². The maximum Gasteiger partial charge on any atom is 0.232 e. The number of benzene rings is 1. The van der Waals surface area contributed by atoms with Gasteiger partial charge in [-0.3, -0.25) is 9.59 Å². The van der Waals surface area contributed by atoms with E-state index in [1.807, 2.05) is 12.1 Å². The SMILES string of the molecule is CNC(=O)C1C(=O)c2cccc3c2C1(C=O)CCC3. The lowest BCUT2D eigenvalue weighted by Gasteiger charge is -2.33. The van der Waals surface area contributed by atoms with Crippen LogP contribution in [-0.4, -0.2) is 25.0 Å². The molecule has 0 aromatic heterocycles. The predicted octanol–water partition coefficient (Wildman–Crippen LogP) is 1.02. The maximum atomic E-state index is 12.5. The van der Waals surface area contributed by atoms with Crippen molar-refractivity contribution < 1.29 is 14.4 Å². The summed E-state index contributed by atoms with van der Waals surface area (Å²) in [6.45, 7) is 0. The third-order valence-electron chi connectivity index (χ3n) is 4.41. The summed E-state index contributed by atoms with van der Waals surface area (Å²) in [4.78, 5) is 36.3. The van der Waals surface area contributed by atoms with E-state index in [2.05, 4.69) is 5.32 Å². The second-order valence-electron chi connectivity index (χ2n) is 5.26. The first-order valence-corrected chi connectivity index (χ1v) is 6.50. The van der Waals surface area contributed by atoms with E-state index in [0.29, 0.717) is 12.0 Å². The Labute approximate surface area is 111 Å². The standard InChI is InChI=1S/C15H15NO3/c1-16-14(19)12-13(18)10-6-2-4-9-5-3-7-15(12,8-17)11(9)10/h2,4,6,8,12H,3,5,7H2,1H3,(H,16,19). The van der Waals surface area contributed by atoms with Crippen molar-refractivity contribution >= 4 is 18.0 Å². The zero-order chi connectivity index (χ0) is 13.6. The Kier molecular flexibility index (Phi) is 2.55. The van der Waals surface area contributed by atoms with Gasteiger partial charge in [0.1, 0.15) is 12.2 Å². The number of amides is 1. The van der Waals surface area contributed by atoms with Crippen molar-refractivity contribution in [1.29, 1.82) is 0 Å². The van der Waals surface area contributed by atoms with E-state index >= 15 is 0 Å². The van der Waals surface area contributed by atoms with Gasteiger partial charge in [0, 0.05) is 12.6 Å². The van der Waals surface area contributed by atoms with Crippen LogP contribution in [0.3, 0.4) is 0 Å². The quantitative estimate of drug-likeness (QED) is 0.635. The van der Waals surface area contributed by atoms with E-state index in [9.17, 15) is 14.4 Å². The molecule has 0 aliphatic heterocycles. The first kappa shape index (κ1) is 12.1. The van der Waals surface area contributed by atoms with Gasteiger partial charge in [-0.1, -0.05) is 18.2 Å². The summed E-state index contributed by atoms with van der Waals surface area (Å²) in [7, 11) is 1.50. The molecule has 2 unspecified atom stereocenters. The number of rotatable bonds is 2. The lowest BCUT2D eigenvalue weighted by Crippen LogP contribution is -2.46. The molecule has 1 aromatic carbocycles. The Morgan fingerprint density at radius 3 is 2.95 bits per heavy atom. The van der Waals surface area contributed by atoms with Gasteiger partial charge in [0.25, 0.3) is 0 Å². The number of hydrogen-bond acceptors (Lipinski definition) is 3. The van der Waals surface area contributed by atoms with Gasteiger partial charge in [-0.15, -0.1) is 0 Å². The molecule has 0 saturated carbocycles. The van der Waals surface area contributed by atoms with Crippen LogP contribution in [-0.2, 0) is 21.4 Å². The lowest BCUT2D eigenvalue weighted by molar-refractivity contribution is -0.128. The molecule has 0 spiro atoms. The highest BCUT2D eigenvalue weighted by molar-refractivity contribution is 6.18. The number of ketones is 1. The minimum absolute atomic E-state index is 0.217. The normalized spacial score (nSPS) is 27.8. The van der Waals surface area contributed by atoms with Crippen molar-refractivity contribution in [2.45, 2.75) is 24.7 Å². The molecule has 0 radical (unpaired) electrons. The summed E-state index contributed by atoms with van der Waals surface area (Å²) in [5.74, 6) is -1.47.